The molecule has 6 rings (SSSR count). The van der Waals surface area contributed by atoms with Crippen molar-refractivity contribution >= 4 is 58.5 Å². The molecule has 0 unspecified atom stereocenters. The van der Waals surface area contributed by atoms with Gasteiger partial charge in [0.1, 0.15) is 6.33 Å². The van der Waals surface area contributed by atoms with Gasteiger partial charge in [-0.25, -0.2) is 15.0 Å². The summed E-state index contributed by atoms with van der Waals surface area (Å²) in [6.07, 6.45) is 6.06. The molecular formula is C38H43N5O3SSi. The van der Waals surface area contributed by atoms with Crippen LogP contribution in [-0.4, -0.2) is 51.2 Å². The Hall–Kier alpha value is -4.12. The minimum absolute atomic E-state index is 0.119. The number of thioether (sulfide) groups is 1. The molecule has 3 atom stereocenters. The van der Waals surface area contributed by atoms with Crippen LogP contribution in [-0.2, 0) is 9.22 Å². The van der Waals surface area contributed by atoms with Gasteiger partial charge in [-0.1, -0.05) is 111 Å². The number of carbonyl (C=O) groups is 2. The average molecular weight is 678 g/mol. The van der Waals surface area contributed by atoms with Gasteiger partial charge in [-0.05, 0) is 58.6 Å². The normalized spacial score (nSPS) is 18.2. The molecule has 5 aromatic rings. The van der Waals surface area contributed by atoms with Gasteiger partial charge in [0, 0.05) is 30.9 Å². The molecule has 0 radical (unpaired) electrons. The maximum absolute atomic E-state index is 12.9. The Bertz CT molecular complexity index is 1810. The second-order valence-electron chi connectivity index (χ2n) is 13.6. The van der Waals surface area contributed by atoms with Crippen molar-refractivity contribution in [1.29, 1.82) is 0 Å². The van der Waals surface area contributed by atoms with Crippen molar-refractivity contribution in [3.8, 4) is 0 Å². The fourth-order valence-corrected chi connectivity index (χ4v) is 12.6. The maximum Gasteiger partial charge on any atom is 0.261 e. The first-order valence-electron chi connectivity index (χ1n) is 16.6. The molecule has 10 heteroatoms. The Kier molecular flexibility index (Phi) is 10.2. The zero-order valence-electron chi connectivity index (χ0n) is 28.0. The first-order valence-corrected chi connectivity index (χ1v) is 19.5. The smallest absolute Gasteiger partial charge is 0.261 e. The van der Waals surface area contributed by atoms with E-state index in [1.165, 1.54) is 28.5 Å². The van der Waals surface area contributed by atoms with Crippen LogP contribution in [0.5, 0.6) is 0 Å². The van der Waals surface area contributed by atoms with E-state index in [2.05, 4.69) is 101 Å². The molecule has 0 saturated heterocycles. The molecule has 1 amide bonds. The first kappa shape index (κ1) is 33.8. The molecule has 8 nitrogen and oxygen atoms in total. The third-order valence-corrected chi connectivity index (χ3v) is 15.4. The lowest BCUT2D eigenvalue weighted by Crippen LogP contribution is -2.67. The number of amides is 1. The van der Waals surface area contributed by atoms with Gasteiger partial charge in [-0.2, -0.15) is 0 Å². The van der Waals surface area contributed by atoms with Crippen molar-refractivity contribution < 1.29 is 14.0 Å². The molecule has 248 valence electrons. The molecule has 1 saturated carbocycles. The highest BCUT2D eigenvalue weighted by Gasteiger charge is 2.51. The van der Waals surface area contributed by atoms with Gasteiger partial charge in [0.05, 0.1) is 6.33 Å². The van der Waals surface area contributed by atoms with Crippen LogP contribution in [0, 0.1) is 11.8 Å². The van der Waals surface area contributed by atoms with Crippen LogP contribution in [0.3, 0.4) is 0 Å². The predicted octanol–water partition coefficient (Wildman–Crippen LogP) is 6.89. The summed E-state index contributed by atoms with van der Waals surface area (Å²) in [6, 6.07) is 30.7. The van der Waals surface area contributed by atoms with Gasteiger partial charge in [-0.15, -0.1) is 0 Å². The fraction of sp³-hybridized carbons (Fsp3) is 0.342. The van der Waals surface area contributed by atoms with E-state index >= 15 is 0 Å². The summed E-state index contributed by atoms with van der Waals surface area (Å²) < 4.78 is 9.58. The zero-order chi connectivity index (χ0) is 33.7. The molecule has 0 aliphatic heterocycles. The van der Waals surface area contributed by atoms with E-state index in [-0.39, 0.29) is 28.0 Å². The molecule has 3 aromatic carbocycles. The van der Waals surface area contributed by atoms with Gasteiger partial charge < -0.3 is 14.3 Å². The van der Waals surface area contributed by atoms with Crippen LogP contribution in [0.25, 0.3) is 11.2 Å². The molecule has 0 spiro atoms. The molecule has 1 N–H and O–H groups in total. The Labute approximate surface area is 287 Å². The van der Waals surface area contributed by atoms with Crippen molar-refractivity contribution in [1.82, 2.24) is 19.5 Å². The molecule has 2 heterocycles. The van der Waals surface area contributed by atoms with E-state index in [0.29, 0.717) is 35.1 Å². The Morgan fingerprint density at radius 2 is 1.48 bits per heavy atom. The second kappa shape index (κ2) is 14.6. The largest absolute Gasteiger partial charge is 0.407 e. The highest BCUT2D eigenvalue weighted by Crippen LogP contribution is 2.45. The summed E-state index contributed by atoms with van der Waals surface area (Å²) in [4.78, 5) is 38.5. The van der Waals surface area contributed by atoms with E-state index in [4.69, 9.17) is 9.41 Å². The zero-order valence-corrected chi connectivity index (χ0v) is 29.8. The number of nitrogens with one attached hydrogen (secondary N) is 1. The van der Waals surface area contributed by atoms with Crippen LogP contribution >= 0.6 is 11.8 Å². The first-order chi connectivity index (χ1) is 23.2. The quantitative estimate of drug-likeness (QED) is 0.152. The molecule has 1 aliphatic rings. The number of rotatable bonds is 11. The number of fused-ring (bicyclic) bond motifs is 1. The number of anilines is 1. The molecule has 48 heavy (non-hydrogen) atoms. The van der Waals surface area contributed by atoms with E-state index < -0.39 is 8.32 Å². The van der Waals surface area contributed by atoms with E-state index in [1.807, 2.05) is 24.5 Å². The lowest BCUT2D eigenvalue weighted by Gasteiger charge is -2.44. The average Bonchev–Trinajstić information content (AvgIpc) is 3.70. The van der Waals surface area contributed by atoms with Gasteiger partial charge >= 0.3 is 0 Å². The number of hydrogen-bond acceptors (Lipinski definition) is 7. The van der Waals surface area contributed by atoms with Crippen molar-refractivity contribution in [3.63, 3.8) is 0 Å². The number of benzene rings is 3. The van der Waals surface area contributed by atoms with E-state index in [0.717, 1.165) is 25.0 Å². The fourth-order valence-electron chi connectivity index (χ4n) is 7.29. The van der Waals surface area contributed by atoms with Crippen LogP contribution in [0.2, 0.25) is 5.04 Å². The minimum atomic E-state index is -2.72. The lowest BCUT2D eigenvalue weighted by atomic mass is 9.94. The lowest BCUT2D eigenvalue weighted by molar-refractivity contribution is -0.109. The van der Waals surface area contributed by atoms with Crippen molar-refractivity contribution in [2.45, 2.75) is 58.0 Å². The summed E-state index contributed by atoms with van der Waals surface area (Å²) >= 11 is 1.40. The highest BCUT2D eigenvalue weighted by atomic mass is 32.2. The Balaban J connectivity index is 1.29. The summed E-state index contributed by atoms with van der Waals surface area (Å²) in [5, 5.41) is 5.49. The topological polar surface area (TPSA) is 99.0 Å². The van der Waals surface area contributed by atoms with Gasteiger partial charge in [0.15, 0.2) is 22.1 Å². The number of imidazole rings is 1. The number of hydrogen-bond donors (Lipinski definition) is 1. The third kappa shape index (κ3) is 7.01. The van der Waals surface area contributed by atoms with Crippen molar-refractivity contribution in [2.24, 2.45) is 11.8 Å². The molecule has 2 aromatic heterocycles. The van der Waals surface area contributed by atoms with Crippen LogP contribution in [0.1, 0.15) is 63.4 Å². The summed E-state index contributed by atoms with van der Waals surface area (Å²) in [5.74, 6) is 1.57. The summed E-state index contributed by atoms with van der Waals surface area (Å²) in [6.45, 7) is 9.19. The van der Waals surface area contributed by atoms with Crippen LogP contribution in [0.4, 0.5) is 5.82 Å². The van der Waals surface area contributed by atoms with Crippen molar-refractivity contribution in [3.05, 3.63) is 109 Å². The van der Waals surface area contributed by atoms with Gasteiger partial charge in [0.25, 0.3) is 14.2 Å². The van der Waals surface area contributed by atoms with E-state index in [9.17, 15) is 9.59 Å². The molecular weight excluding hydrogens is 635 g/mol. The van der Waals surface area contributed by atoms with Crippen molar-refractivity contribution in [2.75, 3.05) is 17.7 Å². The number of carbonyl (C=O) groups excluding carboxylic acids is 2. The summed E-state index contributed by atoms with van der Waals surface area (Å²) in [5.41, 5.74) is 1.82. The molecule has 0 bridgehead atoms. The number of aromatic nitrogens is 4. The maximum atomic E-state index is 12.9. The molecule has 1 aliphatic carbocycles. The summed E-state index contributed by atoms with van der Waals surface area (Å²) in [7, 11) is -2.72. The predicted molar refractivity (Wildman–Crippen MR) is 196 cm³/mol. The monoisotopic (exact) mass is 677 g/mol. The Morgan fingerprint density at radius 1 is 0.875 bits per heavy atom. The standard InChI is InChI=1S/C38H43N5O3SSi/c1-27(44)47-21-20-29-22-31(43-26-41-34-35(39-25-40-36(34)43)42-37(45)28-14-8-5-9-15-28)23-30(29)24-46-48(38(2,3)4,32-16-10-6-11-17-32)33-18-12-7-13-19-33/h5-19,25-26,29-31H,20-24H2,1-4H3,(H,39,40,42,45)/t29-,30+,31+/m0/s1. The minimum Gasteiger partial charge on any atom is -0.407 e. The van der Waals surface area contributed by atoms with Crippen LogP contribution in [0.15, 0.2) is 104 Å². The SMILES string of the molecule is CC(=O)SCC[C@H]1C[C@@H](n2cnc3c(NC(=O)c4ccccc4)ncnc32)C[C@@H]1CO[Si](c1ccccc1)(c1ccccc1)C(C)(C)C. The van der Waals surface area contributed by atoms with Gasteiger partial charge in [0.2, 0.25) is 0 Å². The number of nitrogens with zero attached hydrogens (tertiary/aromatic N) is 4. The van der Waals surface area contributed by atoms with E-state index in [1.54, 1.807) is 19.1 Å². The van der Waals surface area contributed by atoms with Gasteiger partial charge in [-0.3, -0.25) is 9.59 Å². The third-order valence-electron chi connectivity index (χ3n) is 9.56. The van der Waals surface area contributed by atoms with Crippen LogP contribution < -0.4 is 15.7 Å². The second-order valence-corrected chi connectivity index (χ2v) is 19.2. The molecule has 1 fully saturated rings. The Morgan fingerprint density at radius 3 is 2.08 bits per heavy atom. The highest BCUT2D eigenvalue weighted by molar-refractivity contribution is 8.13.